The molecule has 3 aromatic rings. The molecule has 6 nitrogen and oxygen atoms in total. The van der Waals surface area contributed by atoms with Crippen LogP contribution in [0, 0.1) is 0 Å². The van der Waals surface area contributed by atoms with Crippen molar-refractivity contribution >= 4 is 11.0 Å². The van der Waals surface area contributed by atoms with Crippen molar-refractivity contribution in [2.45, 2.75) is 68.2 Å². The monoisotopic (exact) mass is 543 g/mol. The zero-order valence-electron chi connectivity index (χ0n) is 20.4. The zero-order chi connectivity index (χ0) is 27.5. The second kappa shape index (κ2) is 9.13. The quantitative estimate of drug-likeness (QED) is 0.387. The minimum atomic E-state index is -4.67. The molecule has 1 aromatic heterocycles. The number of hydrogen-bond acceptors (Lipinski definition) is 5. The Bertz CT molecular complexity index is 1310. The van der Waals surface area contributed by atoms with Gasteiger partial charge >= 0.3 is 12.4 Å². The van der Waals surface area contributed by atoms with Crippen molar-refractivity contribution in [3.8, 4) is 5.75 Å². The zero-order valence-corrected chi connectivity index (χ0v) is 20.4. The van der Waals surface area contributed by atoms with Gasteiger partial charge in [0, 0.05) is 18.2 Å². The third kappa shape index (κ3) is 5.21. The molecule has 1 saturated heterocycles. The minimum absolute atomic E-state index is 0.0406. The fourth-order valence-electron chi connectivity index (χ4n) is 5.48. The molecule has 0 radical (unpaired) electrons. The summed E-state index contributed by atoms with van der Waals surface area (Å²) in [5, 5.41) is 24.3. The number of rotatable bonds is 5. The van der Waals surface area contributed by atoms with Crippen molar-refractivity contribution in [1.82, 2.24) is 14.9 Å². The lowest BCUT2D eigenvalue weighted by atomic mass is 9.77. The molecule has 2 heterocycles. The maximum Gasteiger partial charge on any atom is 0.418 e. The van der Waals surface area contributed by atoms with Gasteiger partial charge in [-0.1, -0.05) is 12.1 Å². The molecule has 1 aliphatic heterocycles. The lowest BCUT2D eigenvalue weighted by Gasteiger charge is -2.41. The van der Waals surface area contributed by atoms with Crippen LogP contribution in [-0.4, -0.2) is 44.6 Å². The van der Waals surface area contributed by atoms with E-state index in [4.69, 9.17) is 4.74 Å². The fourth-order valence-corrected chi connectivity index (χ4v) is 5.48. The fraction of sp³-hybridized carbons (Fsp3) is 0.500. The van der Waals surface area contributed by atoms with Crippen molar-refractivity contribution in [1.29, 1.82) is 0 Å². The normalized spacial score (nSPS) is 28.3. The van der Waals surface area contributed by atoms with Crippen LogP contribution in [0.15, 0.2) is 42.7 Å². The summed E-state index contributed by atoms with van der Waals surface area (Å²) in [5.74, 6) is -0.0406. The van der Waals surface area contributed by atoms with Gasteiger partial charge in [-0.3, -0.25) is 0 Å². The molecule has 0 amide bonds. The number of fused-ring (bicyclic) bond motifs is 1. The Morgan fingerprint density at radius 3 is 2.32 bits per heavy atom. The number of nitrogens with one attached hydrogen (secondary N) is 1. The van der Waals surface area contributed by atoms with Crippen LogP contribution in [0.25, 0.3) is 11.0 Å². The summed E-state index contributed by atoms with van der Waals surface area (Å²) in [6, 6.07) is 5.90. The molecule has 1 saturated carbocycles. The van der Waals surface area contributed by atoms with Crippen molar-refractivity contribution in [3.63, 3.8) is 0 Å². The van der Waals surface area contributed by atoms with E-state index in [0.29, 0.717) is 24.9 Å². The summed E-state index contributed by atoms with van der Waals surface area (Å²) in [5.41, 5.74) is -3.67. The Morgan fingerprint density at radius 2 is 1.71 bits per heavy atom. The van der Waals surface area contributed by atoms with Crippen molar-refractivity contribution in [3.05, 3.63) is 59.4 Å². The topological polar surface area (TPSA) is 79.5 Å². The highest BCUT2D eigenvalue weighted by molar-refractivity contribution is 5.82. The van der Waals surface area contributed by atoms with Crippen LogP contribution in [0.3, 0.4) is 0 Å². The highest BCUT2D eigenvalue weighted by Gasteiger charge is 2.42. The number of aliphatic hydroxyl groups is 2. The molecule has 12 heteroatoms. The summed E-state index contributed by atoms with van der Waals surface area (Å²) in [6.45, 7) is 1.91. The first-order valence-corrected chi connectivity index (χ1v) is 12.2. The van der Waals surface area contributed by atoms with E-state index < -0.39 is 40.7 Å². The highest BCUT2D eigenvalue weighted by Crippen LogP contribution is 2.45. The largest absolute Gasteiger partial charge is 0.492 e. The second-order valence-corrected chi connectivity index (χ2v) is 10.6. The Kier molecular flexibility index (Phi) is 6.43. The standard InChI is InChI=1S/C26H27F6N3O3/c1-23(36)11-18(12-23)35-14-34-21-9-19(8-20(22(21)35)26(30,31)32)38-13-17-10-24(37,6-7-33-17)15-2-4-16(5-3-15)25(27,28)29/h2-5,8-9,14,17-18,33,36-37H,6-7,10-13H2,1H3/t17-,18?,23?,24-/m0/s1. The maximum absolute atomic E-state index is 14.0. The van der Waals surface area contributed by atoms with Crippen LogP contribution in [0.1, 0.15) is 55.3 Å². The number of nitrogens with zero attached hydrogens (tertiary/aromatic N) is 2. The van der Waals surface area contributed by atoms with Gasteiger partial charge in [-0.05, 0) is 62.9 Å². The molecule has 2 atom stereocenters. The van der Waals surface area contributed by atoms with Gasteiger partial charge in [0.05, 0.1) is 39.7 Å². The molecule has 3 N–H and O–H groups in total. The summed E-state index contributed by atoms with van der Waals surface area (Å²) >= 11 is 0. The number of alkyl halides is 6. The van der Waals surface area contributed by atoms with Crippen LogP contribution in [0.2, 0.25) is 0 Å². The van der Waals surface area contributed by atoms with Gasteiger partial charge in [0.25, 0.3) is 0 Å². The minimum Gasteiger partial charge on any atom is -0.492 e. The van der Waals surface area contributed by atoms with Gasteiger partial charge < -0.3 is 24.8 Å². The molecule has 0 bridgehead atoms. The van der Waals surface area contributed by atoms with Crippen LogP contribution < -0.4 is 10.1 Å². The van der Waals surface area contributed by atoms with E-state index in [1.807, 2.05) is 0 Å². The molecule has 2 aliphatic rings. The Morgan fingerprint density at radius 1 is 1.03 bits per heavy atom. The first kappa shape index (κ1) is 26.8. The average molecular weight is 544 g/mol. The lowest BCUT2D eigenvalue weighted by Crippen LogP contribution is -2.48. The summed E-state index contributed by atoms with van der Waals surface area (Å²) in [4.78, 5) is 4.15. The Hall–Kier alpha value is -2.83. The van der Waals surface area contributed by atoms with Gasteiger partial charge in [-0.25, -0.2) is 4.98 Å². The Labute approximate surface area is 214 Å². The van der Waals surface area contributed by atoms with Crippen LogP contribution >= 0.6 is 0 Å². The van der Waals surface area contributed by atoms with Crippen LogP contribution in [-0.2, 0) is 18.0 Å². The van der Waals surface area contributed by atoms with Crippen LogP contribution in [0.5, 0.6) is 5.75 Å². The molecular formula is C26H27F6N3O3. The molecule has 1 aliphatic carbocycles. The van der Waals surface area contributed by atoms with Gasteiger partial charge in [0.2, 0.25) is 0 Å². The van der Waals surface area contributed by atoms with E-state index in [-0.39, 0.29) is 42.3 Å². The third-order valence-electron chi connectivity index (χ3n) is 7.45. The number of hydrogen-bond donors (Lipinski definition) is 3. The third-order valence-corrected chi connectivity index (χ3v) is 7.45. The first-order valence-electron chi connectivity index (χ1n) is 12.2. The number of imidazole rings is 1. The predicted molar refractivity (Wildman–Crippen MR) is 125 cm³/mol. The lowest BCUT2D eigenvalue weighted by molar-refractivity contribution is -0.138. The molecular weight excluding hydrogens is 516 g/mol. The van der Waals surface area contributed by atoms with E-state index in [2.05, 4.69) is 10.3 Å². The van der Waals surface area contributed by atoms with Gasteiger partial charge in [0.15, 0.2) is 0 Å². The number of aromatic nitrogens is 2. The van der Waals surface area contributed by atoms with Gasteiger partial charge in [-0.2, -0.15) is 26.3 Å². The average Bonchev–Trinajstić information content (AvgIpc) is 3.23. The van der Waals surface area contributed by atoms with Crippen molar-refractivity contribution < 1.29 is 41.3 Å². The SMILES string of the molecule is CC1(O)CC(n2cnc3cc(OC[C@@H]4C[C@](O)(c5ccc(C(F)(F)F)cc5)CCN4)cc(C(F)(F)F)c32)C1. The van der Waals surface area contributed by atoms with Crippen LogP contribution in [0.4, 0.5) is 26.3 Å². The molecule has 206 valence electrons. The number of piperidine rings is 1. The highest BCUT2D eigenvalue weighted by atomic mass is 19.4. The van der Waals surface area contributed by atoms with E-state index in [0.717, 1.165) is 18.2 Å². The summed E-state index contributed by atoms with van der Waals surface area (Å²) in [6.07, 6.45) is -6.82. The molecule has 0 spiro atoms. The van der Waals surface area contributed by atoms with Gasteiger partial charge in [0.1, 0.15) is 12.4 Å². The van der Waals surface area contributed by atoms with E-state index in [1.165, 1.54) is 29.1 Å². The maximum atomic E-state index is 14.0. The molecule has 5 rings (SSSR count). The molecule has 38 heavy (non-hydrogen) atoms. The molecule has 2 fully saturated rings. The second-order valence-electron chi connectivity index (χ2n) is 10.6. The summed E-state index contributed by atoms with van der Waals surface area (Å²) in [7, 11) is 0. The summed E-state index contributed by atoms with van der Waals surface area (Å²) < 4.78 is 87.9. The van der Waals surface area contributed by atoms with Crippen molar-refractivity contribution in [2.75, 3.05) is 13.2 Å². The number of halogens is 6. The van der Waals surface area contributed by atoms with Gasteiger partial charge in [-0.15, -0.1) is 0 Å². The van der Waals surface area contributed by atoms with Crippen molar-refractivity contribution in [2.24, 2.45) is 0 Å². The molecule has 2 aromatic carbocycles. The van der Waals surface area contributed by atoms with E-state index in [1.54, 1.807) is 6.92 Å². The number of ether oxygens (including phenoxy) is 1. The first-order chi connectivity index (χ1) is 17.6. The smallest absolute Gasteiger partial charge is 0.418 e. The predicted octanol–water partition coefficient (Wildman–Crippen LogP) is 5.18. The number of benzene rings is 2. The molecule has 0 unspecified atom stereocenters. The van der Waals surface area contributed by atoms with E-state index >= 15 is 0 Å². The van der Waals surface area contributed by atoms with E-state index in [9.17, 15) is 36.6 Å². The Balaban J connectivity index is 1.33.